The molecule has 2 amide bonds. The molecule has 1 heterocycles. The summed E-state index contributed by atoms with van der Waals surface area (Å²) in [6.45, 7) is 3.16. The van der Waals surface area contributed by atoms with Gasteiger partial charge in [0.15, 0.2) is 0 Å². The van der Waals surface area contributed by atoms with Crippen LogP contribution >= 0.6 is 11.6 Å². The lowest BCUT2D eigenvalue weighted by Crippen LogP contribution is -2.45. The van der Waals surface area contributed by atoms with E-state index in [0.717, 1.165) is 5.56 Å². The number of rotatable bonds is 7. The van der Waals surface area contributed by atoms with Crippen molar-refractivity contribution in [2.75, 3.05) is 19.7 Å². The van der Waals surface area contributed by atoms with Crippen molar-refractivity contribution in [1.82, 2.24) is 10.2 Å². The Hall–Kier alpha value is -2.08. The molecule has 136 valence electrons. The van der Waals surface area contributed by atoms with E-state index in [4.69, 9.17) is 16.3 Å². The molecular formula is C18H23ClN2O4. The molecule has 6 nitrogen and oxygen atoms in total. The van der Waals surface area contributed by atoms with Gasteiger partial charge in [-0.25, -0.2) is 0 Å². The molecule has 0 saturated carbocycles. The highest BCUT2D eigenvalue weighted by molar-refractivity contribution is 6.30. The Morgan fingerprint density at radius 1 is 1.32 bits per heavy atom. The van der Waals surface area contributed by atoms with E-state index in [1.807, 2.05) is 12.1 Å². The van der Waals surface area contributed by atoms with E-state index in [-0.39, 0.29) is 36.7 Å². The van der Waals surface area contributed by atoms with Crippen LogP contribution in [0.5, 0.6) is 0 Å². The number of hydrogen-bond acceptors (Lipinski definition) is 4. The fourth-order valence-corrected chi connectivity index (χ4v) is 2.88. The molecule has 1 aromatic carbocycles. The number of nitrogens with one attached hydrogen (secondary N) is 1. The van der Waals surface area contributed by atoms with Crippen molar-refractivity contribution in [1.29, 1.82) is 0 Å². The quantitative estimate of drug-likeness (QED) is 0.750. The van der Waals surface area contributed by atoms with E-state index in [9.17, 15) is 14.4 Å². The number of halogens is 1. The minimum Gasteiger partial charge on any atom is -0.466 e. The number of piperidine rings is 1. The van der Waals surface area contributed by atoms with Crippen LogP contribution in [-0.4, -0.2) is 42.4 Å². The molecule has 1 atom stereocenters. The molecule has 25 heavy (non-hydrogen) atoms. The van der Waals surface area contributed by atoms with E-state index in [1.165, 1.54) is 0 Å². The number of hydrogen-bond donors (Lipinski definition) is 1. The fraction of sp³-hybridized carbons (Fsp3) is 0.500. The third-order valence-corrected chi connectivity index (χ3v) is 4.34. The van der Waals surface area contributed by atoms with Gasteiger partial charge in [0, 0.05) is 31.1 Å². The molecule has 0 radical (unpaired) electrons. The topological polar surface area (TPSA) is 75.7 Å². The van der Waals surface area contributed by atoms with Crippen LogP contribution in [0.1, 0.15) is 31.7 Å². The lowest BCUT2D eigenvalue weighted by molar-refractivity contribution is -0.143. The van der Waals surface area contributed by atoms with Gasteiger partial charge in [-0.3, -0.25) is 14.4 Å². The number of carbonyl (C=O) groups excluding carboxylic acids is 3. The standard InChI is InChI=1S/C18H23ClN2O4/c1-2-25-17(23)9-10-20-18(24)14-5-8-16(22)21(12-14)11-13-3-6-15(19)7-4-13/h3-4,6-7,14H,2,5,8-12H2,1H3,(H,20,24). The number of ether oxygens (including phenoxy) is 1. The summed E-state index contributed by atoms with van der Waals surface area (Å²) in [5.74, 6) is -0.665. The summed E-state index contributed by atoms with van der Waals surface area (Å²) in [7, 11) is 0. The summed E-state index contributed by atoms with van der Waals surface area (Å²) in [6, 6.07) is 7.31. The van der Waals surface area contributed by atoms with Gasteiger partial charge in [0.05, 0.1) is 18.9 Å². The van der Waals surface area contributed by atoms with Gasteiger partial charge in [-0.2, -0.15) is 0 Å². The van der Waals surface area contributed by atoms with E-state index >= 15 is 0 Å². The van der Waals surface area contributed by atoms with Crippen molar-refractivity contribution < 1.29 is 19.1 Å². The Balaban J connectivity index is 1.84. The van der Waals surface area contributed by atoms with Gasteiger partial charge in [-0.1, -0.05) is 23.7 Å². The predicted octanol–water partition coefficient (Wildman–Crippen LogP) is 2.15. The Kier molecular flexibility index (Phi) is 7.25. The van der Waals surface area contributed by atoms with Gasteiger partial charge in [-0.05, 0) is 31.0 Å². The maximum atomic E-state index is 12.3. The maximum absolute atomic E-state index is 12.3. The second-order valence-electron chi connectivity index (χ2n) is 5.98. The zero-order valence-corrected chi connectivity index (χ0v) is 15.1. The molecule has 0 aromatic heterocycles. The fourth-order valence-electron chi connectivity index (χ4n) is 2.76. The van der Waals surface area contributed by atoms with Crippen molar-refractivity contribution in [2.45, 2.75) is 32.7 Å². The Bertz CT molecular complexity index is 618. The molecule has 1 aliphatic heterocycles. The number of amides is 2. The van der Waals surface area contributed by atoms with E-state index in [2.05, 4.69) is 5.32 Å². The molecule has 1 aromatic rings. The van der Waals surface area contributed by atoms with Gasteiger partial charge >= 0.3 is 5.97 Å². The van der Waals surface area contributed by atoms with Crippen LogP contribution in [0.2, 0.25) is 5.02 Å². The highest BCUT2D eigenvalue weighted by Gasteiger charge is 2.30. The Morgan fingerprint density at radius 3 is 2.72 bits per heavy atom. The molecule has 0 aliphatic carbocycles. The molecule has 1 unspecified atom stereocenters. The van der Waals surface area contributed by atoms with Gasteiger partial charge in [0.2, 0.25) is 11.8 Å². The Labute approximate surface area is 152 Å². The van der Waals surface area contributed by atoms with Crippen molar-refractivity contribution in [3.8, 4) is 0 Å². The third kappa shape index (κ3) is 6.05. The van der Waals surface area contributed by atoms with Crippen molar-refractivity contribution >= 4 is 29.4 Å². The minimum atomic E-state index is -0.328. The number of carbonyl (C=O) groups is 3. The maximum Gasteiger partial charge on any atom is 0.307 e. The van der Waals surface area contributed by atoms with E-state index < -0.39 is 0 Å². The lowest BCUT2D eigenvalue weighted by Gasteiger charge is -2.32. The first-order chi connectivity index (χ1) is 12.0. The zero-order chi connectivity index (χ0) is 18.2. The summed E-state index contributed by atoms with van der Waals surface area (Å²) >= 11 is 5.87. The zero-order valence-electron chi connectivity index (χ0n) is 14.3. The van der Waals surface area contributed by atoms with Crippen molar-refractivity contribution in [2.24, 2.45) is 5.92 Å². The van der Waals surface area contributed by atoms with Crippen LogP contribution in [0, 0.1) is 5.92 Å². The highest BCUT2D eigenvalue weighted by atomic mass is 35.5. The first kappa shape index (κ1) is 19.2. The minimum absolute atomic E-state index is 0.0468. The van der Waals surface area contributed by atoms with Crippen LogP contribution in [-0.2, 0) is 25.7 Å². The molecule has 1 aliphatic rings. The van der Waals surface area contributed by atoms with Crippen LogP contribution in [0.3, 0.4) is 0 Å². The predicted molar refractivity (Wildman–Crippen MR) is 93.9 cm³/mol. The van der Waals surface area contributed by atoms with E-state index in [1.54, 1.807) is 24.0 Å². The summed E-state index contributed by atoms with van der Waals surface area (Å²) in [5.41, 5.74) is 0.973. The molecular weight excluding hydrogens is 344 g/mol. The summed E-state index contributed by atoms with van der Waals surface area (Å²) < 4.78 is 4.82. The second-order valence-corrected chi connectivity index (χ2v) is 6.42. The molecule has 1 N–H and O–H groups in total. The number of likely N-dealkylation sites (tertiary alicyclic amines) is 1. The van der Waals surface area contributed by atoms with Crippen LogP contribution in [0.25, 0.3) is 0 Å². The number of esters is 1. The highest BCUT2D eigenvalue weighted by Crippen LogP contribution is 2.20. The van der Waals surface area contributed by atoms with Crippen LogP contribution in [0.15, 0.2) is 24.3 Å². The van der Waals surface area contributed by atoms with Crippen molar-refractivity contribution in [3.05, 3.63) is 34.9 Å². The number of nitrogens with zero attached hydrogens (tertiary/aromatic N) is 1. The smallest absolute Gasteiger partial charge is 0.307 e. The Morgan fingerprint density at radius 2 is 2.04 bits per heavy atom. The largest absolute Gasteiger partial charge is 0.466 e. The van der Waals surface area contributed by atoms with Crippen molar-refractivity contribution in [3.63, 3.8) is 0 Å². The normalized spacial score (nSPS) is 17.3. The van der Waals surface area contributed by atoms with Gasteiger partial charge in [0.25, 0.3) is 0 Å². The summed E-state index contributed by atoms with van der Waals surface area (Å²) in [5, 5.41) is 3.40. The average Bonchev–Trinajstić information content (AvgIpc) is 2.59. The third-order valence-electron chi connectivity index (χ3n) is 4.09. The first-order valence-electron chi connectivity index (χ1n) is 8.45. The molecule has 1 fully saturated rings. The molecule has 2 rings (SSSR count). The molecule has 0 spiro atoms. The van der Waals surface area contributed by atoms with Crippen LogP contribution < -0.4 is 5.32 Å². The van der Waals surface area contributed by atoms with Gasteiger partial charge < -0.3 is 15.0 Å². The van der Waals surface area contributed by atoms with Crippen LogP contribution in [0.4, 0.5) is 0 Å². The average molecular weight is 367 g/mol. The lowest BCUT2D eigenvalue weighted by atomic mass is 9.96. The van der Waals surface area contributed by atoms with Gasteiger partial charge in [0.1, 0.15) is 0 Å². The van der Waals surface area contributed by atoms with E-state index in [0.29, 0.717) is 37.6 Å². The first-order valence-corrected chi connectivity index (χ1v) is 8.83. The molecule has 0 bridgehead atoms. The summed E-state index contributed by atoms with van der Waals surface area (Å²) in [6.07, 6.45) is 1.03. The number of benzene rings is 1. The SMILES string of the molecule is CCOC(=O)CCNC(=O)C1CCC(=O)N(Cc2ccc(Cl)cc2)C1. The van der Waals surface area contributed by atoms with Gasteiger partial charge in [-0.15, -0.1) is 0 Å². The molecule has 1 saturated heterocycles. The molecule has 7 heteroatoms. The second kappa shape index (κ2) is 9.42. The monoisotopic (exact) mass is 366 g/mol. The summed E-state index contributed by atoms with van der Waals surface area (Å²) in [4.78, 5) is 37.4.